The lowest BCUT2D eigenvalue weighted by Gasteiger charge is -2.31. The minimum Gasteiger partial charge on any atom is -0.481 e. The highest BCUT2D eigenvalue weighted by Gasteiger charge is 2.73. The van der Waals surface area contributed by atoms with Crippen LogP contribution in [0.5, 0.6) is 0 Å². The molecule has 3 fully saturated rings. The van der Waals surface area contributed by atoms with E-state index in [0.29, 0.717) is 0 Å². The Morgan fingerprint density at radius 3 is 2.44 bits per heavy atom. The van der Waals surface area contributed by atoms with E-state index in [4.69, 9.17) is 10.8 Å². The maximum absolute atomic E-state index is 11.5. The second-order valence-corrected chi connectivity index (χ2v) is 5.83. The number of ketones is 1. The minimum absolute atomic E-state index is 0.0580. The van der Waals surface area contributed by atoms with E-state index in [1.165, 1.54) is 0 Å². The predicted molar refractivity (Wildman–Crippen MR) is 56.5 cm³/mol. The molecule has 0 aromatic carbocycles. The summed E-state index contributed by atoms with van der Waals surface area (Å²) in [5.41, 5.74) is 6.22. The Morgan fingerprint density at radius 1 is 1.38 bits per heavy atom. The van der Waals surface area contributed by atoms with Gasteiger partial charge in [0.1, 0.15) is 5.78 Å². The second-order valence-electron chi connectivity index (χ2n) is 5.83. The van der Waals surface area contributed by atoms with E-state index < -0.39 is 5.97 Å². The summed E-state index contributed by atoms with van der Waals surface area (Å²) in [4.78, 5) is 22.7. The Morgan fingerprint density at radius 2 is 2.00 bits per heavy atom. The van der Waals surface area contributed by atoms with Crippen molar-refractivity contribution in [2.75, 3.05) is 0 Å². The van der Waals surface area contributed by atoms with Crippen LogP contribution in [0.25, 0.3) is 0 Å². The Balaban J connectivity index is 1.89. The summed E-state index contributed by atoms with van der Waals surface area (Å²) in [7, 11) is 0. The molecule has 3 saturated carbocycles. The number of carboxylic acid groups (broad SMARTS) is 1. The third-order valence-corrected chi connectivity index (χ3v) is 5.02. The summed E-state index contributed by atoms with van der Waals surface area (Å²) in [6.07, 6.45) is 3.01. The van der Waals surface area contributed by atoms with Crippen LogP contribution in [-0.4, -0.2) is 22.9 Å². The van der Waals surface area contributed by atoms with E-state index in [1.54, 1.807) is 6.92 Å². The van der Waals surface area contributed by atoms with Gasteiger partial charge in [-0.1, -0.05) is 0 Å². The molecule has 4 nitrogen and oxygen atoms in total. The summed E-state index contributed by atoms with van der Waals surface area (Å²) in [5, 5.41) is 9.15. The Kier molecular flexibility index (Phi) is 1.83. The maximum atomic E-state index is 11.5. The largest absolute Gasteiger partial charge is 0.481 e. The van der Waals surface area contributed by atoms with E-state index in [0.717, 1.165) is 19.3 Å². The zero-order chi connectivity index (χ0) is 11.7. The fourth-order valence-electron chi connectivity index (χ4n) is 4.01. The lowest BCUT2D eigenvalue weighted by molar-refractivity contribution is -0.139. The number of fused-ring (bicyclic) bond motifs is 2. The fourth-order valence-corrected chi connectivity index (χ4v) is 4.01. The zero-order valence-electron chi connectivity index (χ0n) is 9.35. The maximum Gasteiger partial charge on any atom is 0.307 e. The predicted octanol–water partition coefficient (Wildman–Crippen LogP) is 0.650. The molecule has 16 heavy (non-hydrogen) atoms. The van der Waals surface area contributed by atoms with E-state index in [2.05, 4.69) is 0 Å². The van der Waals surface area contributed by atoms with Crippen LogP contribution in [0, 0.1) is 29.1 Å². The van der Waals surface area contributed by atoms with Gasteiger partial charge in [-0.25, -0.2) is 0 Å². The van der Waals surface area contributed by atoms with Crippen molar-refractivity contribution in [2.45, 2.75) is 32.2 Å². The molecule has 0 radical (unpaired) electrons. The Bertz CT molecular complexity index is 374. The van der Waals surface area contributed by atoms with Crippen LogP contribution in [0.3, 0.4) is 0 Å². The van der Waals surface area contributed by atoms with E-state index >= 15 is 0 Å². The van der Waals surface area contributed by atoms with Crippen molar-refractivity contribution in [3.05, 3.63) is 0 Å². The number of carbonyl (C=O) groups is 2. The third-order valence-electron chi connectivity index (χ3n) is 5.02. The molecule has 3 aliphatic carbocycles. The number of aliphatic carboxylic acids is 1. The molecule has 0 bridgehead atoms. The van der Waals surface area contributed by atoms with Gasteiger partial charge in [0, 0.05) is 12.0 Å². The lowest BCUT2D eigenvalue weighted by atomic mass is 9.74. The summed E-state index contributed by atoms with van der Waals surface area (Å²) in [6.45, 7) is 1.58. The SMILES string of the molecule is CC(=O)C1CC2(CC2)C2C(C(=O)O)C2C1N. The molecule has 5 unspecified atom stereocenters. The van der Waals surface area contributed by atoms with Crippen LogP contribution in [0.1, 0.15) is 26.2 Å². The molecule has 1 spiro atoms. The number of carboxylic acids is 1. The van der Waals surface area contributed by atoms with Crippen LogP contribution in [0.2, 0.25) is 0 Å². The van der Waals surface area contributed by atoms with Crippen molar-refractivity contribution < 1.29 is 14.7 Å². The summed E-state index contributed by atoms with van der Waals surface area (Å²) >= 11 is 0. The van der Waals surface area contributed by atoms with Crippen LogP contribution < -0.4 is 5.73 Å². The molecule has 3 aliphatic rings. The summed E-state index contributed by atoms with van der Waals surface area (Å²) < 4.78 is 0. The van der Waals surface area contributed by atoms with Gasteiger partial charge in [-0.3, -0.25) is 9.59 Å². The van der Waals surface area contributed by atoms with Crippen molar-refractivity contribution in [2.24, 2.45) is 34.8 Å². The number of rotatable bonds is 2. The van der Waals surface area contributed by atoms with E-state index in [-0.39, 0.29) is 40.9 Å². The van der Waals surface area contributed by atoms with Crippen LogP contribution in [0.4, 0.5) is 0 Å². The molecule has 0 aromatic heterocycles. The molecule has 0 saturated heterocycles. The Labute approximate surface area is 94.2 Å². The molecule has 88 valence electrons. The van der Waals surface area contributed by atoms with Gasteiger partial charge in [-0.15, -0.1) is 0 Å². The summed E-state index contributed by atoms with van der Waals surface area (Å²) in [5.74, 6) is -0.651. The van der Waals surface area contributed by atoms with Gasteiger partial charge < -0.3 is 10.8 Å². The Hall–Kier alpha value is -0.900. The van der Waals surface area contributed by atoms with Gasteiger partial charge in [-0.05, 0) is 43.4 Å². The van der Waals surface area contributed by atoms with Gasteiger partial charge in [0.15, 0.2) is 0 Å². The number of carbonyl (C=O) groups excluding carboxylic acids is 1. The third kappa shape index (κ3) is 1.14. The standard InChI is InChI=1S/C12H17NO3/c1-5(14)6-4-12(2-3-12)9-7(10(6)13)8(9)11(15)16/h6-10H,2-4,13H2,1H3,(H,15,16). The van der Waals surface area contributed by atoms with Gasteiger partial charge in [0.05, 0.1) is 5.92 Å². The number of hydrogen-bond donors (Lipinski definition) is 2. The number of hydrogen-bond acceptors (Lipinski definition) is 3. The lowest BCUT2D eigenvalue weighted by Crippen LogP contribution is -2.42. The minimum atomic E-state index is -0.721. The van der Waals surface area contributed by atoms with Crippen molar-refractivity contribution >= 4 is 11.8 Å². The van der Waals surface area contributed by atoms with Gasteiger partial charge in [-0.2, -0.15) is 0 Å². The molecule has 4 heteroatoms. The highest BCUT2D eigenvalue weighted by Crippen LogP contribution is 2.73. The molecule has 5 atom stereocenters. The van der Waals surface area contributed by atoms with Crippen molar-refractivity contribution in [3.8, 4) is 0 Å². The first-order chi connectivity index (χ1) is 7.48. The molecule has 0 amide bonds. The van der Waals surface area contributed by atoms with Crippen molar-refractivity contribution in [3.63, 3.8) is 0 Å². The molecule has 0 aromatic rings. The van der Waals surface area contributed by atoms with Gasteiger partial charge in [0.2, 0.25) is 0 Å². The van der Waals surface area contributed by atoms with Crippen molar-refractivity contribution in [1.29, 1.82) is 0 Å². The average molecular weight is 223 g/mol. The second kappa shape index (κ2) is 2.86. The van der Waals surface area contributed by atoms with Gasteiger partial charge in [0.25, 0.3) is 0 Å². The summed E-state index contributed by atoms with van der Waals surface area (Å²) in [6, 6.07) is -0.227. The normalized spacial score (nSPS) is 47.2. The van der Waals surface area contributed by atoms with Crippen LogP contribution >= 0.6 is 0 Å². The molecule has 3 rings (SSSR count). The average Bonchev–Trinajstić information content (AvgIpc) is 3.05. The first-order valence-corrected chi connectivity index (χ1v) is 5.97. The first-order valence-electron chi connectivity index (χ1n) is 5.97. The molecular formula is C12H17NO3. The van der Waals surface area contributed by atoms with Crippen LogP contribution in [0.15, 0.2) is 0 Å². The highest BCUT2D eigenvalue weighted by atomic mass is 16.4. The molecular weight excluding hydrogens is 206 g/mol. The quantitative estimate of drug-likeness (QED) is 0.720. The van der Waals surface area contributed by atoms with E-state index in [9.17, 15) is 9.59 Å². The topological polar surface area (TPSA) is 80.4 Å². The van der Waals surface area contributed by atoms with Crippen LogP contribution in [-0.2, 0) is 9.59 Å². The number of nitrogens with two attached hydrogens (primary N) is 1. The number of Topliss-reactive ketones (excluding diaryl/α,β-unsaturated/α-hetero) is 1. The molecule has 3 N–H and O–H groups in total. The highest BCUT2D eigenvalue weighted by molar-refractivity contribution is 5.81. The smallest absolute Gasteiger partial charge is 0.307 e. The first kappa shape index (κ1) is 10.3. The monoisotopic (exact) mass is 223 g/mol. The van der Waals surface area contributed by atoms with E-state index in [1.807, 2.05) is 0 Å². The van der Waals surface area contributed by atoms with Gasteiger partial charge >= 0.3 is 5.97 Å². The molecule has 0 aliphatic heterocycles. The zero-order valence-corrected chi connectivity index (χ0v) is 9.35. The molecule has 0 heterocycles. The van der Waals surface area contributed by atoms with Crippen molar-refractivity contribution in [1.82, 2.24) is 0 Å². The fraction of sp³-hybridized carbons (Fsp3) is 0.833.